The molecule has 82 valence electrons. The van der Waals surface area contributed by atoms with Crippen LogP contribution in [0.4, 0.5) is 0 Å². The molecule has 4 heteroatoms. The van der Waals surface area contributed by atoms with Gasteiger partial charge in [0.05, 0.1) is 0 Å². The molecule has 0 spiro atoms. The van der Waals surface area contributed by atoms with Gasteiger partial charge in [-0.2, -0.15) is 0 Å². The maximum Gasteiger partial charge on any atom is 0.0457 e. The molecule has 15 heavy (non-hydrogen) atoms. The Labute approximate surface area is 95.2 Å². The van der Waals surface area contributed by atoms with E-state index < -0.39 is 0 Å². The molecule has 0 bridgehead atoms. The Morgan fingerprint density at radius 1 is 1.27 bits per heavy atom. The van der Waals surface area contributed by atoms with Crippen LogP contribution >= 0.6 is 12.4 Å². The number of benzene rings is 1. The zero-order valence-electron chi connectivity index (χ0n) is 8.44. The molecule has 0 aliphatic heterocycles. The number of H-pyrrole nitrogens is 1. The highest BCUT2D eigenvalue weighted by Gasteiger charge is 2.09. The quantitative estimate of drug-likeness (QED) is 0.747. The Balaban J connectivity index is 0.00000112. The first kappa shape index (κ1) is 12.0. The number of aromatic nitrogens is 1. The fourth-order valence-corrected chi connectivity index (χ4v) is 1.74. The van der Waals surface area contributed by atoms with Crippen LogP contribution in [-0.4, -0.2) is 11.5 Å². The Hall–Kier alpha value is -1.03. The van der Waals surface area contributed by atoms with Crippen LogP contribution in [0.3, 0.4) is 0 Å². The lowest BCUT2D eigenvalue weighted by Gasteiger charge is -2.08. The minimum absolute atomic E-state index is 0. The van der Waals surface area contributed by atoms with Crippen LogP contribution in [0.15, 0.2) is 30.5 Å². The maximum atomic E-state index is 6.02. The van der Waals surface area contributed by atoms with Gasteiger partial charge in [0.15, 0.2) is 0 Å². The molecule has 0 aliphatic carbocycles. The van der Waals surface area contributed by atoms with Crippen molar-refractivity contribution < 1.29 is 0 Å². The van der Waals surface area contributed by atoms with Crippen LogP contribution in [0.5, 0.6) is 0 Å². The van der Waals surface area contributed by atoms with E-state index in [9.17, 15) is 0 Å². The maximum absolute atomic E-state index is 6.02. The second kappa shape index (κ2) is 5.16. The minimum atomic E-state index is 0. The van der Waals surface area contributed by atoms with Crippen molar-refractivity contribution in [2.75, 3.05) is 6.54 Å². The van der Waals surface area contributed by atoms with E-state index in [4.69, 9.17) is 11.5 Å². The van der Waals surface area contributed by atoms with Crippen molar-refractivity contribution in [2.24, 2.45) is 11.5 Å². The van der Waals surface area contributed by atoms with Crippen LogP contribution in [0.2, 0.25) is 0 Å². The van der Waals surface area contributed by atoms with Gasteiger partial charge in [-0.3, -0.25) is 0 Å². The molecular formula is C11H16ClN3. The molecule has 0 saturated carbocycles. The predicted octanol–water partition coefficient (Wildman–Crippen LogP) is 1.94. The van der Waals surface area contributed by atoms with Gasteiger partial charge in [-0.15, -0.1) is 12.4 Å². The molecule has 0 amide bonds. The fraction of sp³-hybridized carbons (Fsp3) is 0.273. The smallest absolute Gasteiger partial charge is 0.0457 e. The third kappa shape index (κ3) is 2.31. The van der Waals surface area contributed by atoms with E-state index in [2.05, 4.69) is 11.1 Å². The summed E-state index contributed by atoms with van der Waals surface area (Å²) >= 11 is 0. The van der Waals surface area contributed by atoms with Gasteiger partial charge in [-0.05, 0) is 24.6 Å². The van der Waals surface area contributed by atoms with Crippen molar-refractivity contribution in [2.45, 2.75) is 12.5 Å². The molecule has 0 unspecified atom stereocenters. The lowest BCUT2D eigenvalue weighted by molar-refractivity contribution is 0.666. The Morgan fingerprint density at radius 2 is 2.00 bits per heavy atom. The van der Waals surface area contributed by atoms with Gasteiger partial charge < -0.3 is 16.5 Å². The van der Waals surface area contributed by atoms with E-state index >= 15 is 0 Å². The summed E-state index contributed by atoms with van der Waals surface area (Å²) in [7, 11) is 0. The SMILES string of the molecule is Cl.NCC[C@H](N)c1c[nH]c2ccccc12. The number of rotatable bonds is 3. The van der Waals surface area contributed by atoms with E-state index in [1.807, 2.05) is 24.4 Å². The van der Waals surface area contributed by atoms with Gasteiger partial charge in [0.25, 0.3) is 0 Å². The van der Waals surface area contributed by atoms with Crippen molar-refractivity contribution in [3.8, 4) is 0 Å². The van der Waals surface area contributed by atoms with Crippen molar-refractivity contribution in [1.82, 2.24) is 4.98 Å². The highest BCUT2D eigenvalue weighted by Crippen LogP contribution is 2.23. The van der Waals surface area contributed by atoms with Crippen LogP contribution < -0.4 is 11.5 Å². The van der Waals surface area contributed by atoms with Crippen molar-refractivity contribution in [3.63, 3.8) is 0 Å². The van der Waals surface area contributed by atoms with Crippen molar-refractivity contribution in [3.05, 3.63) is 36.0 Å². The number of para-hydroxylation sites is 1. The summed E-state index contributed by atoms with van der Waals surface area (Å²) in [4.78, 5) is 3.21. The van der Waals surface area contributed by atoms with Crippen LogP contribution in [0.1, 0.15) is 18.0 Å². The summed E-state index contributed by atoms with van der Waals surface area (Å²) in [6.45, 7) is 0.626. The average Bonchev–Trinajstić information content (AvgIpc) is 2.61. The van der Waals surface area contributed by atoms with E-state index in [0.717, 1.165) is 17.5 Å². The number of nitrogens with one attached hydrogen (secondary N) is 1. The highest BCUT2D eigenvalue weighted by atomic mass is 35.5. The predicted molar refractivity (Wildman–Crippen MR) is 66.1 cm³/mol. The first-order chi connectivity index (χ1) is 6.83. The normalized spacial score (nSPS) is 12.4. The Kier molecular flexibility index (Phi) is 4.15. The summed E-state index contributed by atoms with van der Waals surface area (Å²) in [5.74, 6) is 0. The molecule has 0 radical (unpaired) electrons. The zero-order valence-corrected chi connectivity index (χ0v) is 9.26. The van der Waals surface area contributed by atoms with Crippen molar-refractivity contribution >= 4 is 23.3 Å². The molecule has 3 nitrogen and oxygen atoms in total. The first-order valence-electron chi connectivity index (χ1n) is 4.84. The highest BCUT2D eigenvalue weighted by molar-refractivity contribution is 5.85. The van der Waals surface area contributed by atoms with Gasteiger partial charge in [0.2, 0.25) is 0 Å². The molecule has 0 fully saturated rings. The van der Waals surface area contributed by atoms with E-state index in [1.165, 1.54) is 5.39 Å². The van der Waals surface area contributed by atoms with Gasteiger partial charge in [0, 0.05) is 23.1 Å². The Morgan fingerprint density at radius 3 is 2.73 bits per heavy atom. The summed E-state index contributed by atoms with van der Waals surface area (Å²) in [5.41, 5.74) is 13.8. The molecule has 2 aromatic rings. The van der Waals surface area contributed by atoms with Crippen LogP contribution in [0, 0.1) is 0 Å². The number of aromatic amines is 1. The van der Waals surface area contributed by atoms with Gasteiger partial charge in [-0.25, -0.2) is 0 Å². The second-order valence-corrected chi connectivity index (χ2v) is 3.47. The van der Waals surface area contributed by atoms with Crippen molar-refractivity contribution in [1.29, 1.82) is 0 Å². The molecule has 5 N–H and O–H groups in total. The van der Waals surface area contributed by atoms with Gasteiger partial charge in [-0.1, -0.05) is 18.2 Å². The number of fused-ring (bicyclic) bond motifs is 1. The lowest BCUT2D eigenvalue weighted by atomic mass is 10.0. The number of halogens is 1. The molecule has 1 aromatic heterocycles. The lowest BCUT2D eigenvalue weighted by Crippen LogP contribution is -2.14. The molecule has 1 aromatic carbocycles. The molecule has 1 heterocycles. The summed E-state index contributed by atoms with van der Waals surface area (Å²) in [6, 6.07) is 8.20. The van der Waals surface area contributed by atoms with E-state index in [1.54, 1.807) is 0 Å². The number of hydrogen-bond donors (Lipinski definition) is 3. The van der Waals surface area contributed by atoms with E-state index in [-0.39, 0.29) is 18.4 Å². The molecule has 1 atom stereocenters. The minimum Gasteiger partial charge on any atom is -0.361 e. The number of nitrogens with two attached hydrogens (primary N) is 2. The standard InChI is InChI=1S/C11H15N3.ClH/c12-6-5-10(13)9-7-14-11-4-2-1-3-8(9)11;/h1-4,7,10,14H,5-6,12-13H2;1H/t10-;/m0./s1. The third-order valence-corrected chi connectivity index (χ3v) is 2.50. The molecule has 0 aliphatic rings. The Bertz CT molecular complexity index is 424. The van der Waals surface area contributed by atoms with Gasteiger partial charge in [0.1, 0.15) is 0 Å². The summed E-state index contributed by atoms with van der Waals surface area (Å²) in [6.07, 6.45) is 2.80. The molecule has 2 rings (SSSR count). The fourth-order valence-electron chi connectivity index (χ4n) is 1.74. The molecular weight excluding hydrogens is 210 g/mol. The van der Waals surface area contributed by atoms with E-state index in [0.29, 0.717) is 6.54 Å². The largest absolute Gasteiger partial charge is 0.361 e. The van der Waals surface area contributed by atoms with Gasteiger partial charge >= 0.3 is 0 Å². The summed E-state index contributed by atoms with van der Waals surface area (Å²) in [5, 5.41) is 1.20. The first-order valence-corrected chi connectivity index (χ1v) is 4.84. The monoisotopic (exact) mass is 225 g/mol. The third-order valence-electron chi connectivity index (χ3n) is 2.50. The average molecular weight is 226 g/mol. The zero-order chi connectivity index (χ0) is 9.97. The number of hydrogen-bond acceptors (Lipinski definition) is 2. The molecule has 0 saturated heterocycles. The second-order valence-electron chi connectivity index (χ2n) is 3.47. The topological polar surface area (TPSA) is 67.8 Å². The van der Waals surface area contributed by atoms with Crippen LogP contribution in [0.25, 0.3) is 10.9 Å². The summed E-state index contributed by atoms with van der Waals surface area (Å²) < 4.78 is 0. The van der Waals surface area contributed by atoms with Crippen LogP contribution in [-0.2, 0) is 0 Å².